The Morgan fingerprint density at radius 2 is 1.88 bits per heavy atom. The van der Waals surface area contributed by atoms with E-state index in [1.54, 1.807) is 0 Å². The summed E-state index contributed by atoms with van der Waals surface area (Å²) < 4.78 is 0. The lowest BCUT2D eigenvalue weighted by atomic mass is 9.93. The van der Waals surface area contributed by atoms with Gasteiger partial charge in [-0.25, -0.2) is 0 Å². The minimum atomic E-state index is 0.533. The average molecular weight is 225 g/mol. The second kappa shape index (κ2) is 5.37. The van der Waals surface area contributed by atoms with Gasteiger partial charge in [-0.05, 0) is 30.9 Å². The van der Waals surface area contributed by atoms with Gasteiger partial charge in [0.15, 0.2) is 0 Å². The summed E-state index contributed by atoms with van der Waals surface area (Å²) >= 11 is 0. The van der Waals surface area contributed by atoms with Gasteiger partial charge < -0.3 is 4.90 Å². The number of hydrogen-bond donors (Lipinski definition) is 0. The molecule has 0 N–H and O–H groups in total. The molecule has 2 rings (SSSR count). The zero-order chi connectivity index (χ0) is 12.1. The molecule has 0 radical (unpaired) electrons. The smallest absolute Gasteiger partial charge is 0.101 e. The molecule has 0 unspecified atom stereocenters. The number of hydrogen-bond acceptors (Lipinski definition) is 3. The molecule has 3 nitrogen and oxygen atoms in total. The van der Waals surface area contributed by atoms with Gasteiger partial charge in [0.2, 0.25) is 0 Å². The molecular weight excluding hydrogens is 210 g/mol. The molecule has 1 heterocycles. The Morgan fingerprint density at radius 1 is 1.18 bits per heavy atom. The molecule has 0 aromatic heterocycles. The molecule has 0 bridgehead atoms. The minimum Gasteiger partial charge on any atom is -0.370 e. The summed E-state index contributed by atoms with van der Waals surface area (Å²) in [6.07, 6.45) is 2.76. The fourth-order valence-electron chi connectivity index (χ4n) is 2.35. The normalized spacial score (nSPS) is 16.2. The van der Waals surface area contributed by atoms with Gasteiger partial charge >= 0.3 is 0 Å². The molecule has 86 valence electrons. The number of anilines is 1. The van der Waals surface area contributed by atoms with E-state index in [4.69, 9.17) is 10.5 Å². The van der Waals surface area contributed by atoms with Gasteiger partial charge in [-0.1, -0.05) is 12.1 Å². The lowest BCUT2D eigenvalue weighted by Gasteiger charge is -2.33. The maximum atomic E-state index is 9.07. The van der Waals surface area contributed by atoms with Crippen molar-refractivity contribution in [3.63, 3.8) is 0 Å². The largest absolute Gasteiger partial charge is 0.370 e. The lowest BCUT2D eigenvalue weighted by Crippen LogP contribution is -2.34. The maximum Gasteiger partial charge on any atom is 0.101 e. The van der Waals surface area contributed by atoms with Gasteiger partial charge in [0.25, 0.3) is 0 Å². The molecular formula is C14H15N3. The summed E-state index contributed by atoms with van der Waals surface area (Å²) in [7, 11) is 0. The van der Waals surface area contributed by atoms with Crippen molar-refractivity contribution in [1.29, 1.82) is 10.5 Å². The molecule has 0 atom stereocenters. The first-order valence-corrected chi connectivity index (χ1v) is 5.96. The molecule has 0 spiro atoms. The van der Waals surface area contributed by atoms with Crippen LogP contribution >= 0.6 is 0 Å². The molecule has 1 aliphatic heterocycles. The second-order valence-corrected chi connectivity index (χ2v) is 4.42. The number of para-hydroxylation sites is 1. The topological polar surface area (TPSA) is 50.8 Å². The van der Waals surface area contributed by atoms with Gasteiger partial charge in [0.1, 0.15) is 6.07 Å². The summed E-state index contributed by atoms with van der Waals surface area (Å²) in [5.74, 6) is 0.533. The van der Waals surface area contributed by atoms with Crippen LogP contribution in [0.2, 0.25) is 0 Å². The third-order valence-electron chi connectivity index (χ3n) is 3.36. The lowest BCUT2D eigenvalue weighted by molar-refractivity contribution is 0.412. The van der Waals surface area contributed by atoms with Crippen LogP contribution in [0.4, 0.5) is 5.69 Å². The minimum absolute atomic E-state index is 0.533. The third kappa shape index (κ3) is 2.57. The molecule has 3 heteroatoms. The van der Waals surface area contributed by atoms with Crippen LogP contribution in [0.5, 0.6) is 0 Å². The first kappa shape index (κ1) is 11.5. The summed E-state index contributed by atoms with van der Waals surface area (Å²) in [6.45, 7) is 1.90. The zero-order valence-electron chi connectivity index (χ0n) is 9.76. The van der Waals surface area contributed by atoms with Crippen molar-refractivity contribution in [2.45, 2.75) is 19.3 Å². The highest BCUT2D eigenvalue weighted by Gasteiger charge is 2.20. The maximum absolute atomic E-state index is 9.07. The van der Waals surface area contributed by atoms with E-state index in [1.165, 1.54) is 0 Å². The van der Waals surface area contributed by atoms with E-state index >= 15 is 0 Å². The fraction of sp³-hybridized carbons (Fsp3) is 0.429. The summed E-state index contributed by atoms with van der Waals surface area (Å²) in [6, 6.07) is 12.2. The molecule has 1 aliphatic rings. The van der Waals surface area contributed by atoms with Crippen molar-refractivity contribution in [1.82, 2.24) is 0 Å². The van der Waals surface area contributed by atoms with Crippen LogP contribution in [0.1, 0.15) is 24.8 Å². The second-order valence-electron chi connectivity index (χ2n) is 4.42. The standard InChI is InChI=1S/C14H15N3/c15-8-5-12-6-9-17(10-7-12)14-4-2-1-3-13(14)11-16/h1-4,12H,5-7,9-10H2. The number of piperidine rings is 1. The van der Waals surface area contributed by atoms with Crippen LogP contribution in [-0.4, -0.2) is 13.1 Å². The van der Waals surface area contributed by atoms with E-state index < -0.39 is 0 Å². The number of nitriles is 2. The highest BCUT2D eigenvalue weighted by Crippen LogP contribution is 2.27. The van der Waals surface area contributed by atoms with Crippen molar-refractivity contribution >= 4 is 5.69 Å². The van der Waals surface area contributed by atoms with E-state index in [0.717, 1.165) is 37.2 Å². The summed E-state index contributed by atoms with van der Waals surface area (Å²) in [5.41, 5.74) is 1.77. The number of nitrogens with zero attached hydrogens (tertiary/aromatic N) is 3. The quantitative estimate of drug-likeness (QED) is 0.777. The first-order chi connectivity index (χ1) is 8.35. The molecule has 0 saturated carbocycles. The van der Waals surface area contributed by atoms with E-state index in [9.17, 15) is 0 Å². The van der Waals surface area contributed by atoms with Crippen LogP contribution in [0, 0.1) is 28.6 Å². The van der Waals surface area contributed by atoms with E-state index in [0.29, 0.717) is 12.3 Å². The molecule has 17 heavy (non-hydrogen) atoms. The van der Waals surface area contributed by atoms with Crippen LogP contribution in [-0.2, 0) is 0 Å². The first-order valence-electron chi connectivity index (χ1n) is 5.96. The van der Waals surface area contributed by atoms with E-state index in [1.807, 2.05) is 24.3 Å². The van der Waals surface area contributed by atoms with Gasteiger partial charge in [-0.3, -0.25) is 0 Å². The van der Waals surface area contributed by atoms with Crippen LogP contribution < -0.4 is 4.90 Å². The zero-order valence-corrected chi connectivity index (χ0v) is 9.76. The Morgan fingerprint density at radius 3 is 2.53 bits per heavy atom. The highest BCUT2D eigenvalue weighted by atomic mass is 15.1. The number of rotatable bonds is 2. The van der Waals surface area contributed by atoms with Crippen molar-refractivity contribution in [3.05, 3.63) is 29.8 Å². The van der Waals surface area contributed by atoms with Crippen molar-refractivity contribution in [2.24, 2.45) is 5.92 Å². The predicted molar refractivity (Wildman–Crippen MR) is 66.3 cm³/mol. The Hall–Kier alpha value is -2.00. The van der Waals surface area contributed by atoms with Crippen LogP contribution in [0.15, 0.2) is 24.3 Å². The monoisotopic (exact) mass is 225 g/mol. The molecule has 1 aromatic carbocycles. The fourth-order valence-corrected chi connectivity index (χ4v) is 2.35. The van der Waals surface area contributed by atoms with Crippen LogP contribution in [0.3, 0.4) is 0 Å². The third-order valence-corrected chi connectivity index (χ3v) is 3.36. The van der Waals surface area contributed by atoms with Gasteiger partial charge in [-0.15, -0.1) is 0 Å². The van der Waals surface area contributed by atoms with Crippen LogP contribution in [0.25, 0.3) is 0 Å². The highest BCUT2D eigenvalue weighted by molar-refractivity contribution is 5.59. The summed E-state index contributed by atoms with van der Waals surface area (Å²) in [4.78, 5) is 2.26. The Labute approximate surface area is 102 Å². The Bertz CT molecular complexity index is 459. The van der Waals surface area contributed by atoms with Gasteiger partial charge in [-0.2, -0.15) is 10.5 Å². The average Bonchev–Trinajstić information content (AvgIpc) is 2.40. The molecule has 0 aliphatic carbocycles. The summed E-state index contributed by atoms with van der Waals surface area (Å²) in [5, 5.41) is 17.7. The van der Waals surface area contributed by atoms with E-state index in [2.05, 4.69) is 17.0 Å². The molecule has 1 saturated heterocycles. The predicted octanol–water partition coefficient (Wildman–Crippen LogP) is 2.69. The van der Waals surface area contributed by atoms with E-state index in [-0.39, 0.29) is 0 Å². The van der Waals surface area contributed by atoms with Crippen molar-refractivity contribution in [2.75, 3.05) is 18.0 Å². The van der Waals surface area contributed by atoms with Gasteiger partial charge in [0, 0.05) is 19.5 Å². The molecule has 1 aromatic rings. The van der Waals surface area contributed by atoms with Crippen molar-refractivity contribution in [3.8, 4) is 12.1 Å². The SMILES string of the molecule is N#CCC1CCN(c2ccccc2C#N)CC1. The molecule has 1 fully saturated rings. The van der Waals surface area contributed by atoms with Gasteiger partial charge in [0.05, 0.1) is 17.3 Å². The number of benzene rings is 1. The Balaban J connectivity index is 2.06. The molecule has 0 amide bonds. The Kier molecular flexibility index (Phi) is 3.62. The van der Waals surface area contributed by atoms with Crippen molar-refractivity contribution < 1.29 is 0 Å².